The van der Waals surface area contributed by atoms with Gasteiger partial charge in [0.05, 0.1) is 10.5 Å². The van der Waals surface area contributed by atoms with Gasteiger partial charge in [0.1, 0.15) is 0 Å². The molecule has 2 atom stereocenters. The molecule has 1 aliphatic heterocycles. The molecule has 1 aliphatic rings. The molecule has 7 heteroatoms. The second kappa shape index (κ2) is 5.70. The molecule has 2 unspecified atom stereocenters. The second-order valence-electron chi connectivity index (χ2n) is 4.90. The first-order valence-corrected chi connectivity index (χ1v) is 7.25. The van der Waals surface area contributed by atoms with Crippen LogP contribution in [-0.4, -0.2) is 44.4 Å². The third-order valence-corrected chi connectivity index (χ3v) is 4.38. The summed E-state index contributed by atoms with van der Waals surface area (Å²) in [6, 6.07) is 4.02. The molecule has 0 aromatic heterocycles. The summed E-state index contributed by atoms with van der Waals surface area (Å²) in [7, 11) is 0. The molecular weight excluding hydrogens is 280 g/mol. The van der Waals surface area contributed by atoms with Crippen molar-refractivity contribution in [3.05, 3.63) is 33.9 Å². The topological polar surface area (TPSA) is 83.7 Å². The number of hydrogen-bond donors (Lipinski definition) is 1. The van der Waals surface area contributed by atoms with Gasteiger partial charge in [-0.05, 0) is 6.07 Å². The summed E-state index contributed by atoms with van der Waals surface area (Å²) < 4.78 is 0. The fourth-order valence-corrected chi connectivity index (χ4v) is 3.69. The number of amides is 1. The highest BCUT2D eigenvalue weighted by atomic mass is 32.2. The van der Waals surface area contributed by atoms with Crippen LogP contribution in [-0.2, 0) is 0 Å². The average molecular weight is 296 g/mol. The van der Waals surface area contributed by atoms with E-state index in [-0.39, 0.29) is 11.5 Å². The van der Waals surface area contributed by atoms with E-state index in [4.69, 9.17) is 0 Å². The maximum absolute atomic E-state index is 12.4. The van der Waals surface area contributed by atoms with Crippen molar-refractivity contribution in [2.45, 2.75) is 24.3 Å². The molecule has 1 amide bonds. The molecule has 0 spiro atoms. The fourth-order valence-electron chi connectivity index (χ4n) is 2.37. The van der Waals surface area contributed by atoms with Crippen molar-refractivity contribution < 1.29 is 14.8 Å². The number of hydrogen-bond acceptors (Lipinski definition) is 5. The largest absolute Gasteiger partial charge is 0.502 e. The average Bonchev–Trinajstić information content (AvgIpc) is 2.36. The smallest absolute Gasteiger partial charge is 0.311 e. The van der Waals surface area contributed by atoms with E-state index in [1.807, 2.05) is 13.8 Å². The number of phenols is 1. The van der Waals surface area contributed by atoms with Gasteiger partial charge in [-0.3, -0.25) is 14.9 Å². The molecule has 0 bridgehead atoms. The van der Waals surface area contributed by atoms with Gasteiger partial charge in [-0.25, -0.2) is 0 Å². The van der Waals surface area contributed by atoms with Crippen molar-refractivity contribution in [2.24, 2.45) is 0 Å². The predicted octanol–water partition coefficient (Wildman–Crippen LogP) is 2.27. The second-order valence-corrected chi connectivity index (χ2v) is 6.78. The highest BCUT2D eigenvalue weighted by molar-refractivity contribution is 8.00. The number of benzene rings is 1. The molecule has 1 aromatic carbocycles. The quantitative estimate of drug-likeness (QED) is 0.668. The number of carbonyl (C=O) groups is 1. The molecule has 1 fully saturated rings. The Kier molecular flexibility index (Phi) is 4.17. The van der Waals surface area contributed by atoms with Crippen LogP contribution in [0.4, 0.5) is 5.69 Å². The SMILES string of the molecule is CC1CN(C(=O)c2cccc([N+](=O)[O-])c2O)CC(C)S1. The normalized spacial score (nSPS) is 22.6. The first kappa shape index (κ1) is 14.6. The summed E-state index contributed by atoms with van der Waals surface area (Å²) >= 11 is 1.81. The fraction of sp³-hybridized carbons (Fsp3) is 0.462. The number of thioether (sulfide) groups is 1. The Morgan fingerprint density at radius 1 is 1.40 bits per heavy atom. The van der Waals surface area contributed by atoms with E-state index in [0.717, 1.165) is 0 Å². The minimum absolute atomic E-state index is 0.00880. The third kappa shape index (κ3) is 2.87. The van der Waals surface area contributed by atoms with Crippen molar-refractivity contribution in [3.8, 4) is 5.75 Å². The zero-order chi connectivity index (χ0) is 14.9. The number of para-hydroxylation sites is 1. The van der Waals surface area contributed by atoms with E-state index in [1.165, 1.54) is 18.2 Å². The lowest BCUT2D eigenvalue weighted by Gasteiger charge is -2.34. The van der Waals surface area contributed by atoms with E-state index in [1.54, 1.807) is 16.7 Å². The number of nitro groups is 1. The van der Waals surface area contributed by atoms with Crippen molar-refractivity contribution >= 4 is 23.4 Å². The highest BCUT2D eigenvalue weighted by Crippen LogP contribution is 2.32. The Balaban J connectivity index is 2.29. The van der Waals surface area contributed by atoms with Gasteiger partial charge < -0.3 is 10.0 Å². The van der Waals surface area contributed by atoms with Crippen LogP contribution in [0.3, 0.4) is 0 Å². The first-order chi connectivity index (χ1) is 9.40. The summed E-state index contributed by atoms with van der Waals surface area (Å²) in [6.45, 7) is 5.23. The summed E-state index contributed by atoms with van der Waals surface area (Å²) in [4.78, 5) is 24.2. The Bertz CT molecular complexity index is 539. The molecule has 0 saturated carbocycles. The van der Waals surface area contributed by atoms with Gasteiger partial charge in [0.15, 0.2) is 0 Å². The van der Waals surface area contributed by atoms with Crippen LogP contribution in [0.1, 0.15) is 24.2 Å². The van der Waals surface area contributed by atoms with Crippen molar-refractivity contribution in [3.63, 3.8) is 0 Å². The molecule has 1 saturated heterocycles. The summed E-state index contributed by atoms with van der Waals surface area (Å²) in [5.41, 5.74) is -0.450. The highest BCUT2D eigenvalue weighted by Gasteiger charge is 2.29. The first-order valence-electron chi connectivity index (χ1n) is 6.31. The molecule has 1 heterocycles. The van der Waals surface area contributed by atoms with Gasteiger partial charge in [0, 0.05) is 29.7 Å². The zero-order valence-electron chi connectivity index (χ0n) is 11.3. The molecule has 2 rings (SSSR count). The lowest BCUT2D eigenvalue weighted by Crippen LogP contribution is -2.44. The molecular formula is C13H16N2O4S. The summed E-state index contributed by atoms with van der Waals surface area (Å²) in [5.74, 6) is -0.911. The molecule has 1 N–H and O–H groups in total. The van der Waals surface area contributed by atoms with Crippen LogP contribution in [0.25, 0.3) is 0 Å². The minimum Gasteiger partial charge on any atom is -0.502 e. The zero-order valence-corrected chi connectivity index (χ0v) is 12.1. The van der Waals surface area contributed by atoms with Crippen molar-refractivity contribution in [1.29, 1.82) is 0 Å². The number of aromatic hydroxyl groups is 1. The van der Waals surface area contributed by atoms with Crippen LogP contribution in [0, 0.1) is 10.1 Å². The molecule has 20 heavy (non-hydrogen) atoms. The Hall–Kier alpha value is -1.76. The number of phenolic OH excluding ortho intramolecular Hbond substituents is 1. The van der Waals surface area contributed by atoms with Crippen molar-refractivity contribution in [2.75, 3.05) is 13.1 Å². The van der Waals surface area contributed by atoms with Crippen LogP contribution in [0.5, 0.6) is 5.75 Å². The molecule has 0 aliphatic carbocycles. The van der Waals surface area contributed by atoms with E-state index < -0.39 is 16.4 Å². The van der Waals surface area contributed by atoms with E-state index in [0.29, 0.717) is 23.6 Å². The molecule has 6 nitrogen and oxygen atoms in total. The lowest BCUT2D eigenvalue weighted by atomic mass is 10.1. The monoisotopic (exact) mass is 296 g/mol. The van der Waals surface area contributed by atoms with Gasteiger partial charge in [-0.2, -0.15) is 11.8 Å². The Labute approximate surface area is 120 Å². The van der Waals surface area contributed by atoms with Gasteiger partial charge in [-0.15, -0.1) is 0 Å². The number of carbonyl (C=O) groups excluding carboxylic acids is 1. The standard InChI is InChI=1S/C13H16N2O4S/c1-8-6-14(7-9(2)20-8)13(17)10-4-3-5-11(12(10)16)15(18)19/h3-5,8-9,16H,6-7H2,1-2H3. The van der Waals surface area contributed by atoms with E-state index in [2.05, 4.69) is 0 Å². The Morgan fingerprint density at radius 3 is 2.55 bits per heavy atom. The maximum Gasteiger partial charge on any atom is 0.311 e. The lowest BCUT2D eigenvalue weighted by molar-refractivity contribution is -0.385. The van der Waals surface area contributed by atoms with Gasteiger partial charge >= 0.3 is 5.69 Å². The van der Waals surface area contributed by atoms with Crippen LogP contribution in [0.15, 0.2) is 18.2 Å². The van der Waals surface area contributed by atoms with Crippen LogP contribution >= 0.6 is 11.8 Å². The van der Waals surface area contributed by atoms with E-state index in [9.17, 15) is 20.0 Å². The number of rotatable bonds is 2. The van der Waals surface area contributed by atoms with Crippen LogP contribution < -0.4 is 0 Å². The summed E-state index contributed by atoms with van der Waals surface area (Å²) in [5, 5.41) is 21.3. The predicted molar refractivity (Wildman–Crippen MR) is 77.2 cm³/mol. The maximum atomic E-state index is 12.4. The van der Waals surface area contributed by atoms with E-state index >= 15 is 0 Å². The van der Waals surface area contributed by atoms with Gasteiger partial charge in [0.25, 0.3) is 5.91 Å². The number of nitro benzene ring substituents is 1. The third-order valence-electron chi connectivity index (χ3n) is 3.15. The van der Waals surface area contributed by atoms with Gasteiger partial charge in [0.2, 0.25) is 5.75 Å². The molecule has 108 valence electrons. The minimum atomic E-state index is -0.691. The molecule has 1 aromatic rings. The number of nitrogens with zero attached hydrogens (tertiary/aromatic N) is 2. The van der Waals surface area contributed by atoms with Gasteiger partial charge in [-0.1, -0.05) is 19.9 Å². The molecule has 0 radical (unpaired) electrons. The summed E-state index contributed by atoms with van der Waals surface area (Å²) in [6.07, 6.45) is 0. The van der Waals surface area contributed by atoms with Crippen molar-refractivity contribution in [1.82, 2.24) is 4.90 Å². The Morgan fingerprint density at radius 2 is 2.00 bits per heavy atom. The van der Waals surface area contributed by atoms with Crippen LogP contribution in [0.2, 0.25) is 0 Å².